The zero-order chi connectivity index (χ0) is 10.1. The van der Waals surface area contributed by atoms with Crippen molar-refractivity contribution in [3.05, 3.63) is 40.7 Å². The van der Waals surface area contributed by atoms with E-state index in [4.69, 9.17) is 0 Å². The SMILES string of the molecule is O=C(c1ccc(Br)s1)c1sccc1I. The minimum atomic E-state index is 0.125. The Morgan fingerprint density at radius 2 is 2.14 bits per heavy atom. The van der Waals surface area contributed by atoms with Gasteiger partial charge in [-0.2, -0.15) is 0 Å². The van der Waals surface area contributed by atoms with Gasteiger partial charge in [0.05, 0.1) is 13.5 Å². The molecule has 1 nitrogen and oxygen atoms in total. The van der Waals surface area contributed by atoms with Crippen molar-refractivity contribution in [3.8, 4) is 0 Å². The predicted octanol–water partition coefficient (Wildman–Crippen LogP) is 4.41. The van der Waals surface area contributed by atoms with E-state index in [1.54, 1.807) is 0 Å². The molecule has 0 aliphatic heterocycles. The van der Waals surface area contributed by atoms with E-state index >= 15 is 0 Å². The molecule has 0 amide bonds. The molecule has 0 fully saturated rings. The van der Waals surface area contributed by atoms with E-state index in [0.29, 0.717) is 0 Å². The van der Waals surface area contributed by atoms with Gasteiger partial charge in [-0.25, -0.2) is 0 Å². The summed E-state index contributed by atoms with van der Waals surface area (Å²) in [7, 11) is 0. The van der Waals surface area contributed by atoms with Crippen molar-refractivity contribution in [2.45, 2.75) is 0 Å². The monoisotopic (exact) mass is 398 g/mol. The lowest BCUT2D eigenvalue weighted by molar-refractivity contribution is 0.104. The number of rotatable bonds is 2. The second kappa shape index (κ2) is 4.42. The lowest BCUT2D eigenvalue weighted by atomic mass is 10.3. The maximum Gasteiger partial charge on any atom is 0.213 e. The van der Waals surface area contributed by atoms with Crippen LogP contribution in [0.15, 0.2) is 27.4 Å². The number of hydrogen-bond donors (Lipinski definition) is 0. The Morgan fingerprint density at radius 1 is 1.36 bits per heavy atom. The van der Waals surface area contributed by atoms with Crippen LogP contribution >= 0.6 is 61.2 Å². The first-order chi connectivity index (χ1) is 6.68. The minimum Gasteiger partial charge on any atom is -0.287 e. The van der Waals surface area contributed by atoms with Crippen LogP contribution in [0, 0.1) is 3.57 Å². The van der Waals surface area contributed by atoms with E-state index in [9.17, 15) is 4.79 Å². The molecule has 0 unspecified atom stereocenters. The van der Waals surface area contributed by atoms with Gasteiger partial charge in [-0.3, -0.25) is 4.79 Å². The van der Waals surface area contributed by atoms with Crippen molar-refractivity contribution >= 4 is 67.0 Å². The van der Waals surface area contributed by atoms with Crippen molar-refractivity contribution in [2.24, 2.45) is 0 Å². The van der Waals surface area contributed by atoms with Crippen molar-refractivity contribution in [2.75, 3.05) is 0 Å². The van der Waals surface area contributed by atoms with Gasteiger partial charge < -0.3 is 0 Å². The highest BCUT2D eigenvalue weighted by atomic mass is 127. The summed E-state index contributed by atoms with van der Waals surface area (Å²) in [6.45, 7) is 0. The molecule has 2 rings (SSSR count). The molecule has 0 aliphatic carbocycles. The van der Waals surface area contributed by atoms with E-state index in [0.717, 1.165) is 17.1 Å². The molecule has 5 heteroatoms. The van der Waals surface area contributed by atoms with Crippen LogP contribution in [0.1, 0.15) is 14.5 Å². The van der Waals surface area contributed by atoms with Gasteiger partial charge in [0, 0.05) is 3.57 Å². The van der Waals surface area contributed by atoms with Crippen LogP contribution < -0.4 is 0 Å². The Hall–Kier alpha value is 0.280. The Labute approximate surface area is 111 Å². The number of halogens is 2. The number of carbonyl (C=O) groups is 1. The third-order valence-corrected chi connectivity index (χ3v) is 5.42. The van der Waals surface area contributed by atoms with Crippen LogP contribution in [-0.2, 0) is 0 Å². The molecule has 0 spiro atoms. The fourth-order valence-corrected chi connectivity index (χ4v) is 4.19. The molecule has 0 saturated carbocycles. The molecule has 14 heavy (non-hydrogen) atoms. The molecular weight excluding hydrogens is 395 g/mol. The van der Waals surface area contributed by atoms with E-state index in [1.807, 2.05) is 23.6 Å². The summed E-state index contributed by atoms with van der Waals surface area (Å²) in [5.74, 6) is 0.125. The van der Waals surface area contributed by atoms with Gasteiger partial charge in [-0.05, 0) is 62.1 Å². The quantitative estimate of drug-likeness (QED) is 0.541. The maximum atomic E-state index is 11.9. The Kier molecular flexibility index (Phi) is 3.41. The average Bonchev–Trinajstić information content (AvgIpc) is 2.73. The number of ketones is 1. The number of hydrogen-bond acceptors (Lipinski definition) is 3. The van der Waals surface area contributed by atoms with Gasteiger partial charge in [-0.1, -0.05) is 0 Å². The number of carbonyl (C=O) groups excluding carboxylic acids is 1. The van der Waals surface area contributed by atoms with E-state index < -0.39 is 0 Å². The maximum absolute atomic E-state index is 11.9. The summed E-state index contributed by atoms with van der Waals surface area (Å²) in [6, 6.07) is 5.71. The van der Waals surface area contributed by atoms with Gasteiger partial charge in [0.2, 0.25) is 5.78 Å². The summed E-state index contributed by atoms with van der Waals surface area (Å²) in [6.07, 6.45) is 0. The van der Waals surface area contributed by atoms with Crippen LogP contribution in [0.2, 0.25) is 0 Å². The second-order valence-electron chi connectivity index (χ2n) is 2.53. The normalized spacial score (nSPS) is 10.4. The first-order valence-corrected chi connectivity index (χ1v) is 7.28. The molecule has 0 bridgehead atoms. The molecule has 0 N–H and O–H groups in total. The van der Waals surface area contributed by atoms with Crippen molar-refractivity contribution in [1.29, 1.82) is 0 Å². The van der Waals surface area contributed by atoms with Crippen LogP contribution in [0.5, 0.6) is 0 Å². The lowest BCUT2D eigenvalue weighted by Crippen LogP contribution is -1.96. The van der Waals surface area contributed by atoms with Gasteiger partial charge >= 0.3 is 0 Å². The lowest BCUT2D eigenvalue weighted by Gasteiger charge is -1.93. The highest BCUT2D eigenvalue weighted by Crippen LogP contribution is 2.28. The summed E-state index contributed by atoms with van der Waals surface area (Å²) in [5, 5.41) is 1.94. The second-order valence-corrected chi connectivity index (χ2v) is 7.07. The van der Waals surface area contributed by atoms with Gasteiger partial charge in [-0.15, -0.1) is 22.7 Å². The molecular formula is C9H4BrIOS2. The molecule has 0 aliphatic rings. The Balaban J connectivity index is 2.38. The van der Waals surface area contributed by atoms with Crippen molar-refractivity contribution in [1.82, 2.24) is 0 Å². The minimum absolute atomic E-state index is 0.125. The summed E-state index contributed by atoms with van der Waals surface area (Å²) in [4.78, 5) is 13.6. The largest absolute Gasteiger partial charge is 0.287 e. The highest BCUT2D eigenvalue weighted by molar-refractivity contribution is 14.1. The third kappa shape index (κ3) is 2.10. The van der Waals surface area contributed by atoms with Gasteiger partial charge in [0.25, 0.3) is 0 Å². The van der Waals surface area contributed by atoms with E-state index in [1.165, 1.54) is 22.7 Å². The summed E-state index contributed by atoms with van der Waals surface area (Å²) < 4.78 is 2.02. The molecule has 2 aromatic heterocycles. The fraction of sp³-hybridized carbons (Fsp3) is 0. The van der Waals surface area contributed by atoms with Gasteiger partial charge in [0.1, 0.15) is 0 Å². The number of thiophene rings is 2. The third-order valence-electron chi connectivity index (χ3n) is 1.62. The Morgan fingerprint density at radius 3 is 2.64 bits per heavy atom. The van der Waals surface area contributed by atoms with E-state index in [-0.39, 0.29) is 5.78 Å². The first kappa shape index (κ1) is 10.8. The molecule has 0 aromatic carbocycles. The molecule has 72 valence electrons. The Bertz CT molecular complexity index is 475. The molecule has 2 aromatic rings. The van der Waals surface area contributed by atoms with Gasteiger partial charge in [0.15, 0.2) is 0 Å². The molecule has 0 atom stereocenters. The van der Waals surface area contributed by atoms with Crippen molar-refractivity contribution in [3.63, 3.8) is 0 Å². The first-order valence-electron chi connectivity index (χ1n) is 3.71. The topological polar surface area (TPSA) is 17.1 Å². The zero-order valence-electron chi connectivity index (χ0n) is 6.79. The highest BCUT2D eigenvalue weighted by Gasteiger charge is 2.15. The van der Waals surface area contributed by atoms with Crippen LogP contribution in [0.4, 0.5) is 0 Å². The van der Waals surface area contributed by atoms with Crippen LogP contribution in [-0.4, -0.2) is 5.78 Å². The predicted molar refractivity (Wildman–Crippen MR) is 72.5 cm³/mol. The zero-order valence-corrected chi connectivity index (χ0v) is 12.2. The molecule has 2 heterocycles. The van der Waals surface area contributed by atoms with Crippen LogP contribution in [0.3, 0.4) is 0 Å². The summed E-state index contributed by atoms with van der Waals surface area (Å²) in [5.41, 5.74) is 0. The molecule has 0 radical (unpaired) electrons. The smallest absolute Gasteiger partial charge is 0.213 e. The van der Waals surface area contributed by atoms with E-state index in [2.05, 4.69) is 38.5 Å². The van der Waals surface area contributed by atoms with Crippen LogP contribution in [0.25, 0.3) is 0 Å². The molecule has 0 saturated heterocycles. The average molecular weight is 399 g/mol. The summed E-state index contributed by atoms with van der Waals surface area (Å²) >= 11 is 8.51. The van der Waals surface area contributed by atoms with Crippen molar-refractivity contribution < 1.29 is 4.79 Å². The fourth-order valence-electron chi connectivity index (χ4n) is 1.00. The standard InChI is InChI=1S/C9H4BrIOS2/c10-7-2-1-6(14-7)8(12)9-5(11)3-4-13-9/h1-4H.